The van der Waals surface area contributed by atoms with E-state index in [2.05, 4.69) is 17.0 Å². The van der Waals surface area contributed by atoms with Crippen LogP contribution in [0.5, 0.6) is 0 Å². The van der Waals surface area contributed by atoms with Gasteiger partial charge in [0.1, 0.15) is 12.3 Å². The summed E-state index contributed by atoms with van der Waals surface area (Å²) < 4.78 is 39.4. The number of carbonyl (C=O) groups is 1. The fraction of sp³-hybridized carbons (Fsp3) is 0.286. The van der Waals surface area contributed by atoms with Gasteiger partial charge in [0.15, 0.2) is 0 Å². The molecule has 0 aliphatic rings. The number of alkyl halides is 3. The van der Waals surface area contributed by atoms with E-state index in [-0.39, 0.29) is 12.7 Å². The summed E-state index contributed by atoms with van der Waals surface area (Å²) in [6.45, 7) is 3.06. The second-order valence-electron chi connectivity index (χ2n) is 2.02. The molecule has 0 rings (SSSR count). The SMILES string of the molecule is C=CCOC(=O)C=C(N)C(F)(F)F. The first-order valence-electron chi connectivity index (χ1n) is 3.20. The molecule has 0 amide bonds. The van der Waals surface area contributed by atoms with E-state index in [0.29, 0.717) is 0 Å². The van der Waals surface area contributed by atoms with E-state index in [9.17, 15) is 18.0 Å². The largest absolute Gasteiger partial charge is 0.458 e. The van der Waals surface area contributed by atoms with Crippen molar-refractivity contribution in [1.82, 2.24) is 0 Å². The normalized spacial score (nSPS) is 12.4. The maximum absolute atomic E-state index is 11.7. The van der Waals surface area contributed by atoms with Crippen molar-refractivity contribution >= 4 is 5.97 Å². The van der Waals surface area contributed by atoms with E-state index in [1.165, 1.54) is 6.08 Å². The van der Waals surface area contributed by atoms with Gasteiger partial charge in [0.05, 0.1) is 6.08 Å². The highest BCUT2D eigenvalue weighted by Gasteiger charge is 2.32. The number of hydrogen-bond acceptors (Lipinski definition) is 3. The second-order valence-corrected chi connectivity index (χ2v) is 2.02. The van der Waals surface area contributed by atoms with Gasteiger partial charge in [0, 0.05) is 0 Å². The van der Waals surface area contributed by atoms with Crippen LogP contribution in [0.2, 0.25) is 0 Å². The second kappa shape index (κ2) is 4.54. The van der Waals surface area contributed by atoms with Crippen LogP contribution in [0.25, 0.3) is 0 Å². The molecule has 0 heterocycles. The van der Waals surface area contributed by atoms with Crippen molar-refractivity contribution in [3.05, 3.63) is 24.4 Å². The molecule has 0 unspecified atom stereocenters. The summed E-state index contributed by atoms with van der Waals surface area (Å²) in [7, 11) is 0. The van der Waals surface area contributed by atoms with Crippen molar-refractivity contribution in [2.75, 3.05) is 6.61 Å². The van der Waals surface area contributed by atoms with Gasteiger partial charge in [0.25, 0.3) is 0 Å². The zero-order chi connectivity index (χ0) is 10.5. The van der Waals surface area contributed by atoms with Crippen molar-refractivity contribution in [1.29, 1.82) is 0 Å². The predicted octanol–water partition coefficient (Wildman–Crippen LogP) is 1.12. The van der Waals surface area contributed by atoms with Gasteiger partial charge in [-0.2, -0.15) is 13.2 Å². The van der Waals surface area contributed by atoms with Crippen molar-refractivity contribution in [2.24, 2.45) is 5.73 Å². The molecule has 6 heteroatoms. The summed E-state index contributed by atoms with van der Waals surface area (Å²) in [6, 6.07) is 0. The van der Waals surface area contributed by atoms with Crippen molar-refractivity contribution in [2.45, 2.75) is 6.18 Å². The number of nitrogens with two attached hydrogens (primary N) is 1. The van der Waals surface area contributed by atoms with Gasteiger partial charge in [-0.15, -0.1) is 0 Å². The quantitative estimate of drug-likeness (QED) is 0.417. The third kappa shape index (κ3) is 4.89. The molecule has 0 saturated carbocycles. The minimum absolute atomic E-state index is 0.152. The summed E-state index contributed by atoms with van der Waals surface area (Å²) in [5.41, 5.74) is 3.05. The maximum atomic E-state index is 11.7. The monoisotopic (exact) mass is 195 g/mol. The van der Waals surface area contributed by atoms with Crippen LogP contribution >= 0.6 is 0 Å². The molecule has 74 valence electrons. The van der Waals surface area contributed by atoms with Crippen LogP contribution in [0.15, 0.2) is 24.4 Å². The van der Waals surface area contributed by atoms with E-state index in [4.69, 9.17) is 0 Å². The number of allylic oxidation sites excluding steroid dienone is 1. The molecule has 0 spiro atoms. The predicted molar refractivity (Wildman–Crippen MR) is 39.5 cm³/mol. The third-order valence-electron chi connectivity index (χ3n) is 0.944. The lowest BCUT2D eigenvalue weighted by molar-refractivity contribution is -0.137. The number of rotatable bonds is 3. The van der Waals surface area contributed by atoms with Crippen LogP contribution in [0.1, 0.15) is 0 Å². The van der Waals surface area contributed by atoms with Gasteiger partial charge in [0.2, 0.25) is 0 Å². The Bertz CT molecular complexity index is 232. The van der Waals surface area contributed by atoms with Crippen LogP contribution in [0.4, 0.5) is 13.2 Å². The molecule has 0 saturated heterocycles. The maximum Gasteiger partial charge on any atom is 0.430 e. The molecular formula is C7H8F3NO2. The lowest BCUT2D eigenvalue weighted by atomic mass is 10.4. The van der Waals surface area contributed by atoms with Crippen LogP contribution in [0, 0.1) is 0 Å². The number of hydrogen-bond donors (Lipinski definition) is 1. The summed E-state index contributed by atoms with van der Waals surface area (Å²) in [6.07, 6.45) is -3.29. The average molecular weight is 195 g/mol. The Morgan fingerprint density at radius 1 is 1.54 bits per heavy atom. The third-order valence-corrected chi connectivity index (χ3v) is 0.944. The van der Waals surface area contributed by atoms with Crippen molar-refractivity contribution in [3.63, 3.8) is 0 Å². The molecule has 0 bridgehead atoms. The Balaban J connectivity index is 4.22. The van der Waals surface area contributed by atoms with Crippen LogP contribution < -0.4 is 5.73 Å². The number of esters is 1. The molecule has 0 radical (unpaired) electrons. The van der Waals surface area contributed by atoms with Crippen molar-refractivity contribution in [3.8, 4) is 0 Å². The minimum atomic E-state index is -4.70. The molecule has 2 N–H and O–H groups in total. The molecule has 3 nitrogen and oxygen atoms in total. The van der Waals surface area contributed by atoms with E-state index >= 15 is 0 Å². The first kappa shape index (κ1) is 11.5. The molecule has 0 aromatic heterocycles. The smallest absolute Gasteiger partial charge is 0.430 e. The fourth-order valence-corrected chi connectivity index (χ4v) is 0.392. The molecule has 13 heavy (non-hydrogen) atoms. The lowest BCUT2D eigenvalue weighted by Gasteiger charge is -2.05. The topological polar surface area (TPSA) is 52.3 Å². The van der Waals surface area contributed by atoms with Gasteiger partial charge >= 0.3 is 12.1 Å². The van der Waals surface area contributed by atoms with E-state index < -0.39 is 17.8 Å². The zero-order valence-electron chi connectivity index (χ0n) is 6.60. The fourth-order valence-electron chi connectivity index (χ4n) is 0.392. The van der Waals surface area contributed by atoms with E-state index in [1.54, 1.807) is 0 Å². The molecule has 0 aliphatic carbocycles. The molecular weight excluding hydrogens is 187 g/mol. The highest BCUT2D eigenvalue weighted by molar-refractivity contribution is 5.82. The van der Waals surface area contributed by atoms with Gasteiger partial charge < -0.3 is 10.5 Å². The first-order valence-corrected chi connectivity index (χ1v) is 3.20. The van der Waals surface area contributed by atoms with Gasteiger partial charge in [-0.25, -0.2) is 4.79 Å². The molecule has 0 aliphatic heterocycles. The molecule has 0 aromatic carbocycles. The summed E-state index contributed by atoms with van der Waals surface area (Å²) >= 11 is 0. The highest BCUT2D eigenvalue weighted by atomic mass is 19.4. The number of ether oxygens (including phenoxy) is 1. The number of carbonyl (C=O) groups excluding carboxylic acids is 1. The molecule has 0 aromatic rings. The highest BCUT2D eigenvalue weighted by Crippen LogP contribution is 2.20. The summed E-state index contributed by atoms with van der Waals surface area (Å²) in [5, 5.41) is 0. The van der Waals surface area contributed by atoms with E-state index in [1.807, 2.05) is 0 Å². The standard InChI is InChI=1S/C7H8F3NO2/c1-2-3-13-6(12)4-5(11)7(8,9)10/h2,4H,1,3,11H2. The van der Waals surface area contributed by atoms with E-state index in [0.717, 1.165) is 0 Å². The number of halogens is 3. The van der Waals surface area contributed by atoms with Crippen molar-refractivity contribution < 1.29 is 22.7 Å². The Morgan fingerprint density at radius 3 is 2.46 bits per heavy atom. The van der Waals surface area contributed by atoms with Gasteiger partial charge in [-0.1, -0.05) is 12.7 Å². The summed E-state index contributed by atoms with van der Waals surface area (Å²) in [4.78, 5) is 10.5. The van der Waals surface area contributed by atoms with Crippen LogP contribution in [-0.2, 0) is 9.53 Å². The zero-order valence-corrected chi connectivity index (χ0v) is 6.60. The van der Waals surface area contributed by atoms with Gasteiger partial charge in [-0.05, 0) is 0 Å². The Hall–Kier alpha value is -1.46. The summed E-state index contributed by atoms with van der Waals surface area (Å²) in [5.74, 6) is -1.14. The Morgan fingerprint density at radius 2 is 2.08 bits per heavy atom. The van der Waals surface area contributed by atoms with Crippen LogP contribution in [-0.4, -0.2) is 18.8 Å². The molecule has 0 fully saturated rings. The van der Waals surface area contributed by atoms with Gasteiger partial charge in [-0.3, -0.25) is 0 Å². The lowest BCUT2D eigenvalue weighted by Crippen LogP contribution is -2.21. The molecule has 0 atom stereocenters. The first-order chi connectivity index (χ1) is 5.88. The Labute approximate surface area is 72.7 Å². The Kier molecular flexibility index (Phi) is 4.03. The average Bonchev–Trinajstić information content (AvgIpc) is 1.99. The van der Waals surface area contributed by atoms with Crippen LogP contribution in [0.3, 0.4) is 0 Å². The minimum Gasteiger partial charge on any atom is -0.458 e.